The summed E-state index contributed by atoms with van der Waals surface area (Å²) >= 11 is 0. The van der Waals surface area contributed by atoms with Gasteiger partial charge >= 0.3 is 5.97 Å². The predicted molar refractivity (Wildman–Crippen MR) is 68.2 cm³/mol. The molecule has 0 saturated carbocycles. The topological polar surface area (TPSA) is 37.3 Å². The van der Waals surface area contributed by atoms with Gasteiger partial charge in [-0.15, -0.1) is 0 Å². The normalized spacial score (nSPS) is 10.3. The van der Waals surface area contributed by atoms with E-state index in [0.717, 1.165) is 18.1 Å². The van der Waals surface area contributed by atoms with Crippen molar-refractivity contribution in [2.75, 3.05) is 0 Å². The molecule has 0 radical (unpaired) electrons. The average Bonchev–Trinajstić information content (AvgIpc) is 2.39. The molecule has 0 aliphatic rings. The highest BCUT2D eigenvalue weighted by Gasteiger charge is 2.12. The first kappa shape index (κ1) is 12.3. The fraction of sp³-hybridized carbons (Fsp3) is 0.133. The van der Waals surface area contributed by atoms with E-state index in [4.69, 9.17) is 5.11 Å². The maximum absolute atomic E-state index is 13.1. The van der Waals surface area contributed by atoms with E-state index in [9.17, 15) is 9.18 Å². The van der Waals surface area contributed by atoms with Gasteiger partial charge in [-0.3, -0.25) is 0 Å². The number of carboxylic acids is 1. The van der Waals surface area contributed by atoms with Gasteiger partial charge in [-0.1, -0.05) is 37.3 Å². The summed E-state index contributed by atoms with van der Waals surface area (Å²) in [5.74, 6) is -1.66. The Kier molecular flexibility index (Phi) is 3.42. The molecule has 2 aromatic carbocycles. The molecule has 0 atom stereocenters. The number of aryl methyl sites for hydroxylation is 1. The zero-order chi connectivity index (χ0) is 13.1. The Morgan fingerprint density at radius 3 is 2.39 bits per heavy atom. The summed E-state index contributed by atoms with van der Waals surface area (Å²) in [6, 6.07) is 11.4. The molecular weight excluding hydrogens is 231 g/mol. The van der Waals surface area contributed by atoms with Crippen LogP contribution < -0.4 is 0 Å². The summed E-state index contributed by atoms with van der Waals surface area (Å²) in [6.07, 6.45) is 0.926. The molecule has 0 aliphatic carbocycles. The minimum atomic E-state index is -1.12. The van der Waals surface area contributed by atoms with Crippen molar-refractivity contribution < 1.29 is 14.3 Å². The third kappa shape index (κ3) is 2.40. The Bertz CT molecular complexity index is 574. The minimum absolute atomic E-state index is 0.0146. The number of aromatic carboxylic acids is 1. The lowest BCUT2D eigenvalue weighted by atomic mass is 9.98. The number of hydrogen-bond donors (Lipinski definition) is 1. The maximum Gasteiger partial charge on any atom is 0.336 e. The van der Waals surface area contributed by atoms with Crippen LogP contribution in [-0.2, 0) is 6.42 Å². The number of rotatable bonds is 3. The summed E-state index contributed by atoms with van der Waals surface area (Å²) in [6.45, 7) is 2.05. The SMILES string of the molecule is CCc1ccc(-c2ccc(F)cc2C(=O)O)cc1. The number of halogens is 1. The zero-order valence-corrected chi connectivity index (χ0v) is 9.98. The van der Waals surface area contributed by atoms with E-state index >= 15 is 0 Å². The van der Waals surface area contributed by atoms with Gasteiger partial charge in [0.1, 0.15) is 5.82 Å². The summed E-state index contributed by atoms with van der Waals surface area (Å²) in [7, 11) is 0. The number of hydrogen-bond acceptors (Lipinski definition) is 1. The molecule has 0 spiro atoms. The van der Waals surface area contributed by atoms with Crippen LogP contribution in [0.1, 0.15) is 22.8 Å². The molecule has 2 rings (SSSR count). The van der Waals surface area contributed by atoms with Gasteiger partial charge in [0.15, 0.2) is 0 Å². The summed E-state index contributed by atoms with van der Waals surface area (Å²) in [5.41, 5.74) is 2.48. The van der Waals surface area contributed by atoms with Gasteiger partial charge in [-0.05, 0) is 35.2 Å². The van der Waals surface area contributed by atoms with E-state index in [-0.39, 0.29) is 5.56 Å². The Labute approximate surface area is 105 Å². The highest BCUT2D eigenvalue weighted by Crippen LogP contribution is 2.25. The first-order valence-electron chi connectivity index (χ1n) is 5.74. The van der Waals surface area contributed by atoms with Gasteiger partial charge in [0, 0.05) is 0 Å². The van der Waals surface area contributed by atoms with E-state index in [1.807, 2.05) is 24.3 Å². The third-order valence-corrected chi connectivity index (χ3v) is 2.89. The summed E-state index contributed by atoms with van der Waals surface area (Å²) in [4.78, 5) is 11.1. The lowest BCUT2D eigenvalue weighted by molar-refractivity contribution is 0.0697. The fourth-order valence-corrected chi connectivity index (χ4v) is 1.87. The molecule has 2 aromatic rings. The van der Waals surface area contributed by atoms with Crippen LogP contribution >= 0.6 is 0 Å². The summed E-state index contributed by atoms with van der Waals surface area (Å²) in [5, 5.41) is 9.09. The molecule has 0 fully saturated rings. The highest BCUT2D eigenvalue weighted by atomic mass is 19.1. The molecular formula is C15H13FO2. The molecule has 18 heavy (non-hydrogen) atoms. The van der Waals surface area contributed by atoms with Crippen molar-refractivity contribution in [1.29, 1.82) is 0 Å². The second kappa shape index (κ2) is 5.00. The number of carbonyl (C=O) groups is 1. The fourth-order valence-electron chi connectivity index (χ4n) is 1.87. The third-order valence-electron chi connectivity index (χ3n) is 2.89. The van der Waals surface area contributed by atoms with Crippen LogP contribution in [0.4, 0.5) is 4.39 Å². The Morgan fingerprint density at radius 1 is 1.17 bits per heavy atom. The monoisotopic (exact) mass is 244 g/mol. The van der Waals surface area contributed by atoms with Crippen molar-refractivity contribution in [3.05, 3.63) is 59.4 Å². The second-order valence-corrected chi connectivity index (χ2v) is 4.05. The molecule has 92 valence electrons. The van der Waals surface area contributed by atoms with Crippen molar-refractivity contribution in [3.8, 4) is 11.1 Å². The van der Waals surface area contributed by atoms with E-state index < -0.39 is 11.8 Å². The van der Waals surface area contributed by atoms with Gasteiger partial charge in [0.2, 0.25) is 0 Å². The molecule has 0 aromatic heterocycles. The smallest absolute Gasteiger partial charge is 0.336 e. The minimum Gasteiger partial charge on any atom is -0.478 e. The predicted octanol–water partition coefficient (Wildman–Crippen LogP) is 3.75. The first-order chi connectivity index (χ1) is 8.61. The van der Waals surface area contributed by atoms with Crippen LogP contribution in [0.2, 0.25) is 0 Å². The second-order valence-electron chi connectivity index (χ2n) is 4.05. The zero-order valence-electron chi connectivity index (χ0n) is 9.98. The molecule has 0 unspecified atom stereocenters. The van der Waals surface area contributed by atoms with Gasteiger partial charge < -0.3 is 5.11 Å². The Hall–Kier alpha value is -2.16. The van der Waals surface area contributed by atoms with E-state index in [1.165, 1.54) is 17.7 Å². The van der Waals surface area contributed by atoms with Crippen LogP contribution in [0.3, 0.4) is 0 Å². The van der Waals surface area contributed by atoms with Crippen molar-refractivity contribution >= 4 is 5.97 Å². The number of carboxylic acid groups (broad SMARTS) is 1. The molecule has 0 amide bonds. The van der Waals surface area contributed by atoms with Crippen LogP contribution in [-0.4, -0.2) is 11.1 Å². The van der Waals surface area contributed by atoms with Crippen molar-refractivity contribution in [1.82, 2.24) is 0 Å². The molecule has 0 aliphatic heterocycles. The van der Waals surface area contributed by atoms with Crippen LogP contribution in [0.15, 0.2) is 42.5 Å². The van der Waals surface area contributed by atoms with E-state index in [1.54, 1.807) is 0 Å². The standard InChI is InChI=1S/C15H13FO2/c1-2-10-3-5-11(6-4-10)13-8-7-12(16)9-14(13)15(17)18/h3-9H,2H2,1H3,(H,17,18). The van der Waals surface area contributed by atoms with E-state index in [2.05, 4.69) is 6.92 Å². The lowest BCUT2D eigenvalue weighted by Gasteiger charge is -2.07. The van der Waals surface area contributed by atoms with Crippen molar-refractivity contribution in [2.24, 2.45) is 0 Å². The maximum atomic E-state index is 13.1. The average molecular weight is 244 g/mol. The molecule has 3 heteroatoms. The Balaban J connectivity index is 2.52. The molecule has 1 N–H and O–H groups in total. The first-order valence-corrected chi connectivity index (χ1v) is 5.74. The summed E-state index contributed by atoms with van der Waals surface area (Å²) < 4.78 is 13.1. The number of benzene rings is 2. The van der Waals surface area contributed by atoms with Gasteiger partial charge in [0.05, 0.1) is 5.56 Å². The quantitative estimate of drug-likeness (QED) is 0.892. The molecule has 0 bridgehead atoms. The van der Waals surface area contributed by atoms with Crippen LogP contribution in [0.25, 0.3) is 11.1 Å². The molecule has 2 nitrogen and oxygen atoms in total. The van der Waals surface area contributed by atoms with Crippen LogP contribution in [0, 0.1) is 5.82 Å². The Morgan fingerprint density at radius 2 is 1.83 bits per heavy atom. The molecule has 0 saturated heterocycles. The van der Waals surface area contributed by atoms with Gasteiger partial charge in [0.25, 0.3) is 0 Å². The lowest BCUT2D eigenvalue weighted by Crippen LogP contribution is -2.00. The van der Waals surface area contributed by atoms with Crippen molar-refractivity contribution in [3.63, 3.8) is 0 Å². The molecule has 0 heterocycles. The van der Waals surface area contributed by atoms with Gasteiger partial charge in [-0.25, -0.2) is 9.18 Å². The van der Waals surface area contributed by atoms with Gasteiger partial charge in [-0.2, -0.15) is 0 Å². The van der Waals surface area contributed by atoms with Crippen molar-refractivity contribution in [2.45, 2.75) is 13.3 Å². The largest absolute Gasteiger partial charge is 0.478 e. The van der Waals surface area contributed by atoms with Crippen LogP contribution in [0.5, 0.6) is 0 Å². The van der Waals surface area contributed by atoms with E-state index in [0.29, 0.717) is 5.56 Å². The highest BCUT2D eigenvalue weighted by molar-refractivity contribution is 5.96.